The highest BCUT2D eigenvalue weighted by molar-refractivity contribution is 5.66. The molecule has 0 radical (unpaired) electrons. The monoisotopic (exact) mass is 386 g/mol. The molecule has 27 heavy (non-hydrogen) atoms. The van der Waals surface area contributed by atoms with Gasteiger partial charge in [-0.05, 0) is 39.0 Å². The van der Waals surface area contributed by atoms with Crippen molar-refractivity contribution >= 4 is 5.97 Å². The molecular weight excluding hydrogens is 336 g/mol. The fourth-order valence-corrected chi connectivity index (χ4v) is 3.15. The molecular formula is C23H50N2O2. The van der Waals surface area contributed by atoms with Crippen molar-refractivity contribution in [2.45, 2.75) is 117 Å². The van der Waals surface area contributed by atoms with E-state index >= 15 is 0 Å². The molecule has 0 aromatic rings. The van der Waals surface area contributed by atoms with Crippen molar-refractivity contribution < 1.29 is 9.90 Å². The smallest absolute Gasteiger partial charge is 0.303 e. The van der Waals surface area contributed by atoms with Gasteiger partial charge in [-0.2, -0.15) is 0 Å². The number of rotatable bonds is 19. The Kier molecular flexibility index (Phi) is 26.9. The maximum absolute atomic E-state index is 10.3. The summed E-state index contributed by atoms with van der Waals surface area (Å²) in [4.78, 5) is 12.7. The lowest BCUT2D eigenvalue weighted by atomic mass is 10.0. The minimum atomic E-state index is -0.655. The standard InChI is InChI=1S/C16H32O2.C7H18N2/c1-2-3-4-5-6-7-8-9-10-11-12-13-14-15-16(17)18;1-3-9(4-2)7-5-6-8/h2-15H2,1H3,(H,17,18);3-8H2,1-2H3. The first-order valence-corrected chi connectivity index (χ1v) is 11.8. The van der Waals surface area contributed by atoms with E-state index < -0.39 is 5.97 Å². The molecule has 0 saturated heterocycles. The van der Waals surface area contributed by atoms with Crippen LogP contribution in [0.4, 0.5) is 0 Å². The Hall–Kier alpha value is -0.610. The highest BCUT2D eigenvalue weighted by Crippen LogP contribution is 2.12. The molecule has 0 aliphatic heterocycles. The molecule has 0 rings (SSSR count). The van der Waals surface area contributed by atoms with E-state index in [0.29, 0.717) is 6.42 Å². The number of hydrogen-bond acceptors (Lipinski definition) is 3. The molecule has 0 atom stereocenters. The molecule has 0 saturated carbocycles. The van der Waals surface area contributed by atoms with Gasteiger partial charge in [0.2, 0.25) is 0 Å². The zero-order valence-corrected chi connectivity index (χ0v) is 18.8. The number of nitrogens with two attached hydrogens (primary N) is 1. The lowest BCUT2D eigenvalue weighted by Gasteiger charge is -2.16. The zero-order chi connectivity index (χ0) is 20.6. The van der Waals surface area contributed by atoms with Crippen molar-refractivity contribution in [3.8, 4) is 0 Å². The fourth-order valence-electron chi connectivity index (χ4n) is 3.15. The normalized spacial score (nSPS) is 10.7. The van der Waals surface area contributed by atoms with E-state index in [-0.39, 0.29) is 0 Å². The van der Waals surface area contributed by atoms with E-state index in [2.05, 4.69) is 25.7 Å². The van der Waals surface area contributed by atoms with Crippen LogP contribution >= 0.6 is 0 Å². The summed E-state index contributed by atoms with van der Waals surface area (Å²) in [6.45, 7) is 10.9. The summed E-state index contributed by atoms with van der Waals surface area (Å²) in [7, 11) is 0. The number of nitrogens with zero attached hydrogens (tertiary/aromatic N) is 1. The molecule has 0 bridgehead atoms. The Morgan fingerprint density at radius 3 is 1.44 bits per heavy atom. The van der Waals surface area contributed by atoms with Crippen molar-refractivity contribution in [2.24, 2.45) is 5.73 Å². The third kappa shape index (κ3) is 27.7. The van der Waals surface area contributed by atoms with E-state index in [1.54, 1.807) is 0 Å². The van der Waals surface area contributed by atoms with Crippen LogP contribution < -0.4 is 5.73 Å². The van der Waals surface area contributed by atoms with Crippen LogP contribution in [0.2, 0.25) is 0 Å². The second-order valence-corrected chi connectivity index (χ2v) is 7.56. The summed E-state index contributed by atoms with van der Waals surface area (Å²) in [5.74, 6) is -0.655. The number of aliphatic carboxylic acids is 1. The van der Waals surface area contributed by atoms with Crippen LogP contribution in [0.1, 0.15) is 117 Å². The first-order valence-electron chi connectivity index (χ1n) is 11.8. The van der Waals surface area contributed by atoms with E-state index in [0.717, 1.165) is 45.4 Å². The molecule has 3 N–H and O–H groups in total. The molecule has 0 heterocycles. The lowest BCUT2D eigenvalue weighted by Crippen LogP contribution is -2.25. The van der Waals surface area contributed by atoms with E-state index in [1.807, 2.05) is 0 Å². The number of carboxylic acid groups (broad SMARTS) is 1. The first kappa shape index (κ1) is 28.6. The molecule has 4 nitrogen and oxygen atoms in total. The van der Waals surface area contributed by atoms with Crippen LogP contribution in [0, 0.1) is 0 Å². The van der Waals surface area contributed by atoms with Gasteiger partial charge in [-0.15, -0.1) is 0 Å². The summed E-state index contributed by atoms with van der Waals surface area (Å²) < 4.78 is 0. The maximum Gasteiger partial charge on any atom is 0.303 e. The number of hydrogen-bond donors (Lipinski definition) is 2. The van der Waals surface area contributed by atoms with Gasteiger partial charge in [0.15, 0.2) is 0 Å². The zero-order valence-electron chi connectivity index (χ0n) is 18.8. The summed E-state index contributed by atoms with van der Waals surface area (Å²) in [5.41, 5.74) is 5.36. The second kappa shape index (κ2) is 25.4. The van der Waals surface area contributed by atoms with Crippen LogP contribution in [-0.2, 0) is 4.79 Å². The quantitative estimate of drug-likeness (QED) is 0.258. The second-order valence-electron chi connectivity index (χ2n) is 7.56. The molecule has 4 heteroatoms. The maximum atomic E-state index is 10.3. The van der Waals surface area contributed by atoms with Crippen molar-refractivity contribution in [1.82, 2.24) is 4.90 Å². The van der Waals surface area contributed by atoms with Gasteiger partial charge in [0.25, 0.3) is 0 Å². The largest absolute Gasteiger partial charge is 0.481 e. The topological polar surface area (TPSA) is 66.6 Å². The Morgan fingerprint density at radius 1 is 0.704 bits per heavy atom. The van der Waals surface area contributed by atoms with Gasteiger partial charge >= 0.3 is 5.97 Å². The molecule has 0 aliphatic carbocycles. The van der Waals surface area contributed by atoms with Crippen molar-refractivity contribution in [3.63, 3.8) is 0 Å². The third-order valence-electron chi connectivity index (χ3n) is 5.07. The fraction of sp³-hybridized carbons (Fsp3) is 0.957. The summed E-state index contributed by atoms with van der Waals surface area (Å²) >= 11 is 0. The number of carbonyl (C=O) groups is 1. The van der Waals surface area contributed by atoms with Crippen molar-refractivity contribution in [3.05, 3.63) is 0 Å². The predicted molar refractivity (Wildman–Crippen MR) is 119 cm³/mol. The molecule has 0 amide bonds. The number of unbranched alkanes of at least 4 members (excludes halogenated alkanes) is 12. The predicted octanol–water partition coefficient (Wildman–Crippen LogP) is 6.23. The van der Waals surface area contributed by atoms with Gasteiger partial charge in [0.05, 0.1) is 0 Å². The Balaban J connectivity index is 0. The molecule has 0 fully saturated rings. The minimum Gasteiger partial charge on any atom is -0.481 e. The van der Waals surface area contributed by atoms with Crippen LogP contribution in [0.5, 0.6) is 0 Å². The van der Waals surface area contributed by atoms with Crippen LogP contribution in [0.15, 0.2) is 0 Å². The van der Waals surface area contributed by atoms with Crippen LogP contribution in [0.25, 0.3) is 0 Å². The van der Waals surface area contributed by atoms with E-state index in [4.69, 9.17) is 10.8 Å². The average Bonchev–Trinajstić information content (AvgIpc) is 2.66. The minimum absolute atomic E-state index is 0.345. The molecule has 0 aromatic carbocycles. The van der Waals surface area contributed by atoms with Crippen LogP contribution in [-0.4, -0.2) is 42.2 Å². The van der Waals surface area contributed by atoms with Gasteiger partial charge in [0.1, 0.15) is 0 Å². The summed E-state index contributed by atoms with van der Waals surface area (Å²) in [6.07, 6.45) is 18.4. The molecule has 0 aromatic heterocycles. The van der Waals surface area contributed by atoms with Gasteiger partial charge in [-0.1, -0.05) is 97.8 Å². The van der Waals surface area contributed by atoms with E-state index in [9.17, 15) is 4.79 Å². The Bertz CT molecular complexity index is 282. The summed E-state index contributed by atoms with van der Waals surface area (Å²) in [5, 5.41) is 8.49. The average molecular weight is 387 g/mol. The SMILES string of the molecule is CCCCCCCCCCCCCCCC(=O)O.CCN(CC)CCCN. The lowest BCUT2D eigenvalue weighted by molar-refractivity contribution is -0.137. The molecule has 0 aliphatic rings. The first-order chi connectivity index (χ1) is 13.1. The van der Waals surface area contributed by atoms with Gasteiger partial charge < -0.3 is 15.7 Å². The third-order valence-corrected chi connectivity index (χ3v) is 5.07. The van der Waals surface area contributed by atoms with Crippen molar-refractivity contribution in [2.75, 3.05) is 26.2 Å². The van der Waals surface area contributed by atoms with Gasteiger partial charge in [-0.25, -0.2) is 0 Å². The molecule has 0 unspecified atom stereocenters. The molecule has 164 valence electrons. The van der Waals surface area contributed by atoms with E-state index in [1.165, 1.54) is 70.6 Å². The van der Waals surface area contributed by atoms with Gasteiger partial charge in [-0.3, -0.25) is 4.79 Å². The van der Waals surface area contributed by atoms with Crippen molar-refractivity contribution in [1.29, 1.82) is 0 Å². The highest BCUT2D eigenvalue weighted by Gasteiger charge is 1.97. The highest BCUT2D eigenvalue weighted by atomic mass is 16.4. The number of carboxylic acids is 1. The van der Waals surface area contributed by atoms with Crippen LogP contribution in [0.3, 0.4) is 0 Å². The van der Waals surface area contributed by atoms with Gasteiger partial charge in [0, 0.05) is 6.42 Å². The Labute approximate surface area is 170 Å². The molecule has 0 spiro atoms. The Morgan fingerprint density at radius 2 is 1.11 bits per heavy atom. The summed E-state index contributed by atoms with van der Waals surface area (Å²) in [6, 6.07) is 0.